The predicted molar refractivity (Wildman–Crippen MR) is 119 cm³/mol. The molecule has 0 bridgehead atoms. The van der Waals surface area contributed by atoms with Gasteiger partial charge >= 0.3 is 6.18 Å². The molecule has 0 atom stereocenters. The quantitative estimate of drug-likeness (QED) is 0.424. The van der Waals surface area contributed by atoms with Crippen LogP contribution in [0.15, 0.2) is 71.8 Å². The van der Waals surface area contributed by atoms with Gasteiger partial charge in [0.1, 0.15) is 17.0 Å². The minimum absolute atomic E-state index is 0.0767. The Kier molecular flexibility index (Phi) is 5.66. The van der Waals surface area contributed by atoms with Crippen LogP contribution in [-0.4, -0.2) is 29.9 Å². The highest BCUT2D eigenvalue weighted by Crippen LogP contribution is 2.38. The van der Waals surface area contributed by atoms with E-state index < -0.39 is 22.0 Å². The summed E-state index contributed by atoms with van der Waals surface area (Å²) in [5, 5.41) is 0.548. The number of rotatable bonds is 6. The topological polar surface area (TPSA) is 93.2 Å². The first kappa shape index (κ1) is 22.5. The van der Waals surface area contributed by atoms with Gasteiger partial charge in [-0.25, -0.2) is 8.42 Å². The maximum absolute atomic E-state index is 12.7. The van der Waals surface area contributed by atoms with Crippen molar-refractivity contribution in [1.82, 2.24) is 9.55 Å². The van der Waals surface area contributed by atoms with Gasteiger partial charge in [-0.1, -0.05) is 18.2 Å². The van der Waals surface area contributed by atoms with Crippen LogP contribution in [0.3, 0.4) is 0 Å². The lowest BCUT2D eigenvalue weighted by atomic mass is 10.0. The highest BCUT2D eigenvalue weighted by Gasteiger charge is 2.35. The molecule has 4 aromatic rings. The normalized spacial score (nSPS) is 12.1. The summed E-state index contributed by atoms with van der Waals surface area (Å²) in [5.74, 6) is -1.19. The van der Waals surface area contributed by atoms with E-state index in [4.69, 9.17) is 4.74 Å². The number of aromatic amines is 1. The van der Waals surface area contributed by atoms with Crippen molar-refractivity contribution in [2.45, 2.75) is 6.18 Å². The molecule has 0 saturated heterocycles. The second kappa shape index (κ2) is 8.32. The molecule has 7 nitrogen and oxygen atoms in total. The van der Waals surface area contributed by atoms with E-state index >= 15 is 0 Å². The van der Waals surface area contributed by atoms with Crippen molar-refractivity contribution in [1.29, 1.82) is 0 Å². The van der Waals surface area contributed by atoms with Crippen LogP contribution in [0.1, 0.15) is 0 Å². The second-order valence-electron chi connectivity index (χ2n) is 7.33. The number of aryl methyl sites for hydroxylation is 1. The molecule has 0 aliphatic heterocycles. The summed E-state index contributed by atoms with van der Waals surface area (Å²) in [6.07, 6.45) is -1.75. The highest BCUT2D eigenvalue weighted by molar-refractivity contribution is 7.92. The van der Waals surface area contributed by atoms with Gasteiger partial charge in [0, 0.05) is 41.6 Å². The van der Waals surface area contributed by atoms with Crippen molar-refractivity contribution in [3.05, 3.63) is 77.3 Å². The number of ether oxygens (including phenoxy) is 1. The molecule has 172 valence electrons. The largest absolute Gasteiger partial charge is 0.457 e. The molecule has 2 heterocycles. The summed E-state index contributed by atoms with van der Waals surface area (Å²) < 4.78 is 71.2. The lowest BCUT2D eigenvalue weighted by Crippen LogP contribution is -2.27. The van der Waals surface area contributed by atoms with E-state index in [1.807, 2.05) is 10.8 Å². The second-order valence-corrected chi connectivity index (χ2v) is 9.05. The summed E-state index contributed by atoms with van der Waals surface area (Å²) in [5.41, 5.74) is 0.879. The number of hydrogen-bond donors (Lipinski definition) is 2. The average molecular weight is 477 g/mol. The van der Waals surface area contributed by atoms with Gasteiger partial charge < -0.3 is 14.3 Å². The monoisotopic (exact) mass is 477 g/mol. The summed E-state index contributed by atoms with van der Waals surface area (Å²) in [7, 11) is -3.13. The number of H-pyrrole nitrogens is 1. The van der Waals surface area contributed by atoms with Crippen molar-refractivity contribution in [3.8, 4) is 22.6 Å². The van der Waals surface area contributed by atoms with Crippen molar-refractivity contribution in [2.24, 2.45) is 7.05 Å². The van der Waals surface area contributed by atoms with Gasteiger partial charge in [-0.05, 0) is 36.4 Å². The molecule has 0 unspecified atom stereocenters. The Morgan fingerprint density at radius 1 is 1.06 bits per heavy atom. The maximum atomic E-state index is 12.7. The third kappa shape index (κ3) is 5.03. The molecule has 2 aromatic heterocycles. The third-order valence-electron chi connectivity index (χ3n) is 4.76. The van der Waals surface area contributed by atoms with E-state index in [-0.39, 0.29) is 11.2 Å². The Labute approximate surface area is 186 Å². The van der Waals surface area contributed by atoms with Gasteiger partial charge in [0.15, 0.2) is 5.75 Å². The van der Waals surface area contributed by atoms with Crippen molar-refractivity contribution >= 4 is 26.6 Å². The standard InChI is InChI=1S/C22H18F3N3O4S/c1-28-12-18(16-9-10-26-20(16)21(28)29)17-11-14(27-33(30,31)13-22(23,24)25)7-8-19(17)32-15-5-3-2-4-6-15/h2-12,26-27H,13H2,1H3. The first-order valence-corrected chi connectivity index (χ1v) is 11.3. The summed E-state index contributed by atoms with van der Waals surface area (Å²) in [6, 6.07) is 14.6. The zero-order valence-electron chi connectivity index (χ0n) is 17.2. The Hall–Kier alpha value is -3.73. The van der Waals surface area contributed by atoms with E-state index in [2.05, 4.69) is 4.98 Å². The first-order valence-electron chi connectivity index (χ1n) is 9.64. The van der Waals surface area contributed by atoms with Crippen LogP contribution in [0, 0.1) is 0 Å². The predicted octanol–water partition coefficient (Wildman–Crippen LogP) is 4.63. The molecule has 4 rings (SSSR count). The fourth-order valence-electron chi connectivity index (χ4n) is 3.42. The molecule has 0 aliphatic carbocycles. The molecule has 0 aliphatic rings. The fourth-order valence-corrected chi connectivity index (χ4v) is 4.41. The lowest BCUT2D eigenvalue weighted by molar-refractivity contribution is -0.106. The van der Waals surface area contributed by atoms with Gasteiger partial charge in [-0.15, -0.1) is 0 Å². The zero-order chi connectivity index (χ0) is 23.8. The number of fused-ring (bicyclic) bond motifs is 1. The number of hydrogen-bond acceptors (Lipinski definition) is 4. The number of pyridine rings is 1. The summed E-state index contributed by atoms with van der Waals surface area (Å²) in [4.78, 5) is 15.3. The number of aromatic nitrogens is 2. The minimum Gasteiger partial charge on any atom is -0.457 e. The van der Waals surface area contributed by atoms with E-state index in [9.17, 15) is 26.4 Å². The number of halogens is 3. The lowest BCUT2D eigenvalue weighted by Gasteiger charge is -2.16. The summed E-state index contributed by atoms with van der Waals surface area (Å²) >= 11 is 0. The molecule has 11 heteroatoms. The van der Waals surface area contributed by atoms with Gasteiger partial charge in [-0.3, -0.25) is 9.52 Å². The van der Waals surface area contributed by atoms with Crippen molar-refractivity contribution < 1.29 is 26.3 Å². The van der Waals surface area contributed by atoms with Gasteiger partial charge in [0.2, 0.25) is 10.0 Å². The van der Waals surface area contributed by atoms with Crippen LogP contribution in [0.5, 0.6) is 11.5 Å². The molecular formula is C22H18F3N3O4S. The van der Waals surface area contributed by atoms with Gasteiger partial charge in [0.05, 0.1) is 0 Å². The average Bonchev–Trinajstić information content (AvgIpc) is 3.21. The van der Waals surface area contributed by atoms with Crippen LogP contribution in [0.2, 0.25) is 0 Å². The number of alkyl halides is 3. The SMILES string of the molecule is Cn1cc(-c2cc(NS(=O)(=O)CC(F)(F)F)ccc2Oc2ccccc2)c2cc[nH]c2c1=O. The van der Waals surface area contributed by atoms with Crippen molar-refractivity contribution in [3.63, 3.8) is 0 Å². The number of nitrogens with zero attached hydrogens (tertiary/aromatic N) is 1. The number of nitrogens with one attached hydrogen (secondary N) is 2. The maximum Gasteiger partial charge on any atom is 0.404 e. The molecule has 0 radical (unpaired) electrons. The molecular weight excluding hydrogens is 459 g/mol. The van der Waals surface area contributed by atoms with E-state index in [1.54, 1.807) is 49.8 Å². The molecule has 0 saturated carbocycles. The first-order chi connectivity index (χ1) is 15.5. The molecule has 33 heavy (non-hydrogen) atoms. The van der Waals surface area contributed by atoms with E-state index in [0.29, 0.717) is 33.5 Å². The molecule has 2 N–H and O–H groups in total. The van der Waals surface area contributed by atoms with Crippen LogP contribution in [-0.2, 0) is 17.1 Å². The van der Waals surface area contributed by atoms with Crippen LogP contribution in [0.25, 0.3) is 22.0 Å². The number of sulfonamides is 1. The molecule has 2 aromatic carbocycles. The highest BCUT2D eigenvalue weighted by atomic mass is 32.2. The minimum atomic E-state index is -4.89. The number of benzene rings is 2. The Morgan fingerprint density at radius 3 is 2.48 bits per heavy atom. The summed E-state index contributed by atoms with van der Waals surface area (Å²) in [6.45, 7) is 0. The van der Waals surface area contributed by atoms with Crippen molar-refractivity contribution in [2.75, 3.05) is 10.5 Å². The fraction of sp³-hybridized carbons (Fsp3) is 0.136. The number of anilines is 1. The Balaban J connectivity index is 1.86. The number of para-hydroxylation sites is 1. The smallest absolute Gasteiger partial charge is 0.404 e. The van der Waals surface area contributed by atoms with Crippen LogP contribution >= 0.6 is 0 Å². The Bertz CT molecular complexity index is 1480. The Morgan fingerprint density at radius 2 is 1.79 bits per heavy atom. The zero-order valence-corrected chi connectivity index (χ0v) is 18.0. The van der Waals surface area contributed by atoms with E-state index in [1.165, 1.54) is 22.8 Å². The van der Waals surface area contributed by atoms with Crippen LogP contribution < -0.4 is 15.0 Å². The molecule has 0 spiro atoms. The third-order valence-corrected chi connectivity index (χ3v) is 6.02. The van der Waals surface area contributed by atoms with Gasteiger partial charge in [-0.2, -0.15) is 13.2 Å². The van der Waals surface area contributed by atoms with E-state index in [0.717, 1.165) is 0 Å². The molecule has 0 fully saturated rings. The van der Waals surface area contributed by atoms with Crippen LogP contribution in [0.4, 0.5) is 18.9 Å². The van der Waals surface area contributed by atoms with Gasteiger partial charge in [0.25, 0.3) is 5.56 Å². The molecule has 0 amide bonds.